The number of aryl methyl sites for hydroxylation is 2. The summed E-state index contributed by atoms with van der Waals surface area (Å²) in [5, 5.41) is 6.66. The van der Waals surface area contributed by atoms with Crippen LogP contribution in [0.2, 0.25) is 5.02 Å². The van der Waals surface area contributed by atoms with Crippen LogP contribution in [0.3, 0.4) is 0 Å². The topological polar surface area (TPSA) is 29.9 Å². The molecule has 3 nitrogen and oxygen atoms in total. The summed E-state index contributed by atoms with van der Waals surface area (Å²) in [6.07, 6.45) is -4.51. The average Bonchev–Trinajstić information content (AvgIpc) is 2.50. The van der Waals surface area contributed by atoms with Crippen molar-refractivity contribution in [3.8, 4) is 0 Å². The second-order valence-electron chi connectivity index (χ2n) is 3.75. The van der Waals surface area contributed by atoms with Crippen LogP contribution in [0, 0.1) is 6.92 Å². The Balaban J connectivity index is 3.01. The van der Waals surface area contributed by atoms with Crippen molar-refractivity contribution in [2.45, 2.75) is 39.0 Å². The van der Waals surface area contributed by atoms with Crippen LogP contribution < -0.4 is 5.32 Å². The third-order valence-corrected chi connectivity index (χ3v) is 3.09. The van der Waals surface area contributed by atoms with E-state index >= 15 is 0 Å². The molecule has 1 heterocycles. The average molecular weight is 270 g/mol. The predicted molar refractivity (Wildman–Crippen MR) is 60.3 cm³/mol. The van der Waals surface area contributed by atoms with Gasteiger partial charge in [-0.1, -0.05) is 11.6 Å². The maximum absolute atomic E-state index is 12.6. The van der Waals surface area contributed by atoms with Gasteiger partial charge in [-0.25, -0.2) is 0 Å². The van der Waals surface area contributed by atoms with Gasteiger partial charge < -0.3 is 5.32 Å². The first kappa shape index (κ1) is 14.3. The van der Waals surface area contributed by atoms with Crippen LogP contribution in [0.5, 0.6) is 0 Å². The molecule has 1 aromatic heterocycles. The van der Waals surface area contributed by atoms with E-state index in [2.05, 4.69) is 10.4 Å². The Morgan fingerprint density at radius 1 is 1.47 bits per heavy atom. The molecule has 1 rings (SSSR count). The van der Waals surface area contributed by atoms with Gasteiger partial charge in [-0.3, -0.25) is 4.68 Å². The monoisotopic (exact) mass is 269 g/mol. The molecule has 0 aliphatic carbocycles. The number of alkyl halides is 3. The standard InChI is InChI=1S/C10H15ClF3N3/c1-4-17-7(9(11)6(2)16-17)5-8(15-3)10(12,13)14/h8,15H,4-5H2,1-3H3. The molecule has 0 aromatic carbocycles. The van der Waals surface area contributed by atoms with E-state index in [9.17, 15) is 13.2 Å². The van der Waals surface area contributed by atoms with Crippen molar-refractivity contribution < 1.29 is 13.2 Å². The number of nitrogens with zero attached hydrogens (tertiary/aromatic N) is 2. The van der Waals surface area contributed by atoms with Gasteiger partial charge in [-0.05, 0) is 20.9 Å². The maximum atomic E-state index is 12.6. The smallest absolute Gasteiger partial charge is 0.309 e. The van der Waals surface area contributed by atoms with E-state index in [0.717, 1.165) is 0 Å². The molecule has 0 saturated carbocycles. The molecule has 1 aromatic rings. The predicted octanol–water partition coefficient (Wildman–Crippen LogP) is 2.56. The van der Waals surface area contributed by atoms with Gasteiger partial charge in [-0.2, -0.15) is 18.3 Å². The number of nitrogens with one attached hydrogen (secondary N) is 1. The van der Waals surface area contributed by atoms with Crippen molar-refractivity contribution in [1.82, 2.24) is 15.1 Å². The minimum atomic E-state index is -4.30. The highest BCUT2D eigenvalue weighted by molar-refractivity contribution is 6.31. The lowest BCUT2D eigenvalue weighted by atomic mass is 10.1. The number of aromatic nitrogens is 2. The quantitative estimate of drug-likeness (QED) is 0.910. The van der Waals surface area contributed by atoms with Crippen molar-refractivity contribution in [2.24, 2.45) is 0 Å². The first-order valence-corrected chi connectivity index (χ1v) is 5.64. The SMILES string of the molecule is CCn1nc(C)c(Cl)c1CC(NC)C(F)(F)F. The first-order chi connectivity index (χ1) is 7.81. The van der Waals surface area contributed by atoms with E-state index in [4.69, 9.17) is 11.6 Å². The van der Waals surface area contributed by atoms with Crippen molar-refractivity contribution in [3.63, 3.8) is 0 Å². The molecule has 1 atom stereocenters. The Kier molecular flexibility index (Phi) is 4.43. The van der Waals surface area contributed by atoms with Crippen LogP contribution in [0.15, 0.2) is 0 Å². The normalized spacial score (nSPS) is 14.1. The minimum absolute atomic E-state index is 0.215. The number of rotatable bonds is 4. The van der Waals surface area contributed by atoms with Gasteiger partial charge in [0.25, 0.3) is 0 Å². The van der Waals surface area contributed by atoms with Crippen LogP contribution >= 0.6 is 11.6 Å². The fourth-order valence-electron chi connectivity index (χ4n) is 1.64. The summed E-state index contributed by atoms with van der Waals surface area (Å²) in [5.41, 5.74) is 0.976. The Bertz CT molecular complexity index is 387. The molecule has 17 heavy (non-hydrogen) atoms. The number of likely N-dealkylation sites (N-methyl/N-ethyl adjacent to an activating group) is 1. The summed E-state index contributed by atoms with van der Waals surface area (Å²) in [4.78, 5) is 0. The zero-order valence-corrected chi connectivity index (χ0v) is 10.7. The summed E-state index contributed by atoms with van der Waals surface area (Å²) < 4.78 is 39.4. The second-order valence-corrected chi connectivity index (χ2v) is 4.13. The molecular weight excluding hydrogens is 255 g/mol. The Morgan fingerprint density at radius 2 is 2.06 bits per heavy atom. The molecule has 0 saturated heterocycles. The number of hydrogen-bond acceptors (Lipinski definition) is 2. The lowest BCUT2D eigenvalue weighted by Crippen LogP contribution is -2.42. The molecule has 0 fully saturated rings. The van der Waals surface area contributed by atoms with Gasteiger partial charge >= 0.3 is 6.18 Å². The molecule has 1 unspecified atom stereocenters. The minimum Gasteiger partial charge on any atom is -0.309 e. The lowest BCUT2D eigenvalue weighted by molar-refractivity contribution is -0.154. The molecule has 0 aliphatic rings. The Morgan fingerprint density at radius 3 is 2.47 bits per heavy atom. The largest absolute Gasteiger partial charge is 0.404 e. The van der Waals surface area contributed by atoms with Gasteiger partial charge in [0.2, 0.25) is 0 Å². The highest BCUT2D eigenvalue weighted by Gasteiger charge is 2.39. The third kappa shape index (κ3) is 3.13. The first-order valence-electron chi connectivity index (χ1n) is 5.27. The van der Waals surface area contributed by atoms with E-state index in [1.54, 1.807) is 6.92 Å². The van der Waals surface area contributed by atoms with E-state index in [-0.39, 0.29) is 6.42 Å². The highest BCUT2D eigenvalue weighted by atomic mass is 35.5. The molecule has 0 spiro atoms. The van der Waals surface area contributed by atoms with E-state index in [0.29, 0.717) is 23.0 Å². The van der Waals surface area contributed by atoms with Crippen molar-refractivity contribution in [3.05, 3.63) is 16.4 Å². The molecule has 0 bridgehead atoms. The van der Waals surface area contributed by atoms with E-state index in [1.807, 2.05) is 6.92 Å². The third-order valence-electron chi connectivity index (χ3n) is 2.59. The van der Waals surface area contributed by atoms with Crippen LogP contribution in [0.25, 0.3) is 0 Å². The lowest BCUT2D eigenvalue weighted by Gasteiger charge is -2.20. The van der Waals surface area contributed by atoms with E-state index in [1.165, 1.54) is 11.7 Å². The van der Waals surface area contributed by atoms with Gasteiger partial charge in [0.15, 0.2) is 0 Å². The molecule has 7 heteroatoms. The summed E-state index contributed by atoms with van der Waals surface area (Å²) in [5.74, 6) is 0. The fraction of sp³-hybridized carbons (Fsp3) is 0.700. The second kappa shape index (κ2) is 5.27. The van der Waals surface area contributed by atoms with Crippen LogP contribution in [-0.2, 0) is 13.0 Å². The van der Waals surface area contributed by atoms with Crippen LogP contribution in [-0.4, -0.2) is 29.0 Å². The summed E-state index contributed by atoms with van der Waals surface area (Å²) in [7, 11) is 1.28. The van der Waals surface area contributed by atoms with Crippen LogP contribution in [0.1, 0.15) is 18.3 Å². The van der Waals surface area contributed by atoms with Crippen molar-refractivity contribution in [2.75, 3.05) is 7.05 Å². The molecule has 0 amide bonds. The molecule has 0 aliphatic heterocycles. The summed E-state index contributed by atoms with van der Waals surface area (Å²) in [6, 6.07) is -1.61. The summed E-state index contributed by atoms with van der Waals surface area (Å²) >= 11 is 5.97. The maximum Gasteiger partial charge on any atom is 0.404 e. The fourth-order valence-corrected chi connectivity index (χ4v) is 1.85. The van der Waals surface area contributed by atoms with E-state index < -0.39 is 12.2 Å². The molecule has 0 radical (unpaired) electrons. The summed E-state index contributed by atoms with van der Waals surface area (Å²) in [6.45, 7) is 3.99. The Labute approximate surface area is 103 Å². The number of hydrogen-bond donors (Lipinski definition) is 1. The zero-order chi connectivity index (χ0) is 13.2. The van der Waals surface area contributed by atoms with Crippen LogP contribution in [0.4, 0.5) is 13.2 Å². The Hall–Kier alpha value is -0.750. The van der Waals surface area contributed by atoms with Gasteiger partial charge in [0, 0.05) is 13.0 Å². The number of halogens is 4. The molecule has 1 N–H and O–H groups in total. The molecular formula is C10H15ClF3N3. The van der Waals surface area contributed by atoms with Gasteiger partial charge in [0.05, 0.1) is 16.4 Å². The molecule has 98 valence electrons. The van der Waals surface area contributed by atoms with Gasteiger partial charge in [0.1, 0.15) is 6.04 Å². The van der Waals surface area contributed by atoms with Gasteiger partial charge in [-0.15, -0.1) is 0 Å². The van der Waals surface area contributed by atoms with Crippen molar-refractivity contribution >= 4 is 11.6 Å². The highest BCUT2D eigenvalue weighted by Crippen LogP contribution is 2.27. The van der Waals surface area contributed by atoms with Crippen molar-refractivity contribution in [1.29, 1.82) is 0 Å². The zero-order valence-electron chi connectivity index (χ0n) is 9.90.